The molecule has 9 nitrogen and oxygen atoms in total. The molecule has 3 heterocycles. The Balaban J connectivity index is 1.26. The molecule has 0 radical (unpaired) electrons. The summed E-state index contributed by atoms with van der Waals surface area (Å²) in [6.07, 6.45) is 1.94. The van der Waals surface area contributed by atoms with E-state index in [0.717, 1.165) is 51.3 Å². The van der Waals surface area contributed by atoms with Crippen molar-refractivity contribution in [2.24, 2.45) is 20.3 Å². The highest BCUT2D eigenvalue weighted by molar-refractivity contribution is 6.42. The van der Waals surface area contributed by atoms with Gasteiger partial charge < -0.3 is 10.1 Å². The first-order chi connectivity index (χ1) is 14.6. The van der Waals surface area contributed by atoms with Crippen LogP contribution in [0.2, 0.25) is 10.0 Å². The van der Waals surface area contributed by atoms with Gasteiger partial charge in [-0.15, -0.1) is 5.11 Å². The van der Waals surface area contributed by atoms with Crippen molar-refractivity contribution in [2.45, 2.75) is 25.4 Å². The number of amidine groups is 1. The lowest BCUT2D eigenvalue weighted by molar-refractivity contribution is -0.120. The molecular weight excluding hydrogens is 429 g/mol. The van der Waals surface area contributed by atoms with Gasteiger partial charge in [-0.1, -0.05) is 34.5 Å². The third-order valence-corrected chi connectivity index (χ3v) is 5.86. The molecule has 1 saturated heterocycles. The summed E-state index contributed by atoms with van der Waals surface area (Å²) in [7, 11) is 0. The maximum atomic E-state index is 12.6. The van der Waals surface area contributed by atoms with Crippen LogP contribution in [-0.2, 0) is 16.1 Å². The summed E-state index contributed by atoms with van der Waals surface area (Å²) in [6, 6.07) is 4.70. The highest BCUT2D eigenvalue weighted by Gasteiger charge is 2.38. The fraction of sp³-hybridized carbons (Fsp3) is 0.526. The van der Waals surface area contributed by atoms with Gasteiger partial charge in [0.2, 0.25) is 5.96 Å². The van der Waals surface area contributed by atoms with Crippen molar-refractivity contribution in [1.29, 1.82) is 0 Å². The number of unbranched alkanes of at least 4 members (excludes halogenated alkanes) is 1. The third kappa shape index (κ3) is 5.15. The fourth-order valence-electron chi connectivity index (χ4n) is 3.48. The average molecular weight is 452 g/mol. The zero-order valence-electron chi connectivity index (χ0n) is 16.4. The summed E-state index contributed by atoms with van der Waals surface area (Å²) >= 11 is 12.0. The Morgan fingerprint density at radius 2 is 1.90 bits per heavy atom. The molecule has 1 aromatic rings. The predicted octanol–water partition coefficient (Wildman–Crippen LogP) is 2.54. The topological polar surface area (TPSA) is 94.2 Å². The minimum atomic E-state index is -0.621. The quantitative estimate of drug-likeness (QED) is 0.642. The summed E-state index contributed by atoms with van der Waals surface area (Å²) in [5.41, 5.74) is 0.900. The van der Waals surface area contributed by atoms with E-state index in [4.69, 9.17) is 27.9 Å². The fourth-order valence-corrected chi connectivity index (χ4v) is 3.80. The number of benzene rings is 1. The lowest BCUT2D eigenvalue weighted by Gasteiger charge is -2.27. The second-order valence-corrected chi connectivity index (χ2v) is 8.08. The Bertz CT molecular complexity index is 884. The molecule has 1 atom stereocenters. The first-order valence-corrected chi connectivity index (χ1v) is 10.7. The van der Waals surface area contributed by atoms with Crippen LogP contribution in [0.5, 0.6) is 0 Å². The van der Waals surface area contributed by atoms with Gasteiger partial charge in [-0.3, -0.25) is 14.7 Å². The number of nitrogens with zero attached hydrogens (tertiary/aromatic N) is 6. The molecule has 3 aliphatic rings. The lowest BCUT2D eigenvalue weighted by atomic mass is 10.2. The standard InChI is InChI=1S/C19H23Cl2N7O2/c20-14-4-3-13(11-15(14)21)12-22-19-23-17-16(18(29)24-19)28(26-25-17)6-2-1-5-27-7-9-30-10-8-27/h3-4,11,16H,1-2,5-10,12H2,(H,22,24,29). The van der Waals surface area contributed by atoms with Crippen molar-refractivity contribution in [3.8, 4) is 0 Å². The van der Waals surface area contributed by atoms with Gasteiger partial charge in [-0.2, -0.15) is 9.98 Å². The van der Waals surface area contributed by atoms with Crippen LogP contribution in [-0.4, -0.2) is 73.0 Å². The number of hydrogen-bond donors (Lipinski definition) is 1. The summed E-state index contributed by atoms with van der Waals surface area (Å²) in [5.74, 6) is 0.292. The van der Waals surface area contributed by atoms with Crippen LogP contribution < -0.4 is 5.32 Å². The molecule has 11 heteroatoms. The van der Waals surface area contributed by atoms with E-state index in [0.29, 0.717) is 29.0 Å². The molecule has 1 amide bonds. The Morgan fingerprint density at radius 3 is 2.70 bits per heavy atom. The van der Waals surface area contributed by atoms with E-state index in [9.17, 15) is 4.79 Å². The number of carbonyl (C=O) groups is 1. The number of fused-ring (bicyclic) bond motifs is 1. The van der Waals surface area contributed by atoms with E-state index in [1.165, 1.54) is 0 Å². The van der Waals surface area contributed by atoms with Crippen molar-refractivity contribution in [3.63, 3.8) is 0 Å². The number of rotatable bonds is 7. The molecule has 4 rings (SSSR count). The largest absolute Gasteiger partial charge is 0.379 e. The van der Waals surface area contributed by atoms with Crippen molar-refractivity contribution in [1.82, 2.24) is 15.2 Å². The summed E-state index contributed by atoms with van der Waals surface area (Å²) in [6.45, 7) is 5.64. The van der Waals surface area contributed by atoms with Crippen LogP contribution in [0.15, 0.2) is 38.5 Å². The van der Waals surface area contributed by atoms with Crippen LogP contribution in [0.4, 0.5) is 0 Å². The Labute approximate surface area is 184 Å². The molecule has 0 spiro atoms. The van der Waals surface area contributed by atoms with Gasteiger partial charge in [0.15, 0.2) is 11.9 Å². The highest BCUT2D eigenvalue weighted by Crippen LogP contribution is 2.23. The maximum Gasteiger partial charge on any atom is 0.281 e. The summed E-state index contributed by atoms with van der Waals surface area (Å²) in [4.78, 5) is 23.4. The second-order valence-electron chi connectivity index (χ2n) is 7.26. The number of aliphatic imine (C=N–C) groups is 2. The monoisotopic (exact) mass is 451 g/mol. The maximum absolute atomic E-state index is 12.6. The number of nitrogens with one attached hydrogen (secondary N) is 1. The zero-order valence-corrected chi connectivity index (χ0v) is 17.9. The second kappa shape index (κ2) is 9.82. The van der Waals surface area contributed by atoms with E-state index in [2.05, 4.69) is 30.5 Å². The number of halogens is 2. The van der Waals surface area contributed by atoms with Gasteiger partial charge in [-0.05, 0) is 37.1 Å². The molecule has 0 aromatic heterocycles. The summed E-state index contributed by atoms with van der Waals surface area (Å²) in [5, 5.41) is 13.9. The van der Waals surface area contributed by atoms with Crippen molar-refractivity contribution >= 4 is 40.9 Å². The Hall–Kier alpha value is -2.07. The van der Waals surface area contributed by atoms with Crippen molar-refractivity contribution in [2.75, 3.05) is 39.4 Å². The van der Waals surface area contributed by atoms with Crippen molar-refractivity contribution < 1.29 is 9.53 Å². The van der Waals surface area contributed by atoms with Crippen molar-refractivity contribution in [3.05, 3.63) is 33.8 Å². The number of guanidine groups is 1. The van der Waals surface area contributed by atoms with Crippen LogP contribution in [0.1, 0.15) is 18.4 Å². The number of morpholine rings is 1. The van der Waals surface area contributed by atoms with Crippen LogP contribution in [0.3, 0.4) is 0 Å². The zero-order chi connectivity index (χ0) is 20.9. The summed E-state index contributed by atoms with van der Waals surface area (Å²) < 4.78 is 5.36. The predicted molar refractivity (Wildman–Crippen MR) is 115 cm³/mol. The van der Waals surface area contributed by atoms with Crippen LogP contribution in [0, 0.1) is 0 Å². The van der Waals surface area contributed by atoms with Gasteiger partial charge >= 0.3 is 0 Å². The molecule has 1 fully saturated rings. The Morgan fingerprint density at radius 1 is 1.10 bits per heavy atom. The first-order valence-electron chi connectivity index (χ1n) is 9.97. The SMILES string of the molecule is O=C1N=C(NCc2ccc(Cl)c(Cl)c2)N=C2N=NN(CCCCN3CCOCC3)C12. The van der Waals surface area contributed by atoms with Crippen LogP contribution in [0.25, 0.3) is 0 Å². The molecule has 1 aromatic carbocycles. The minimum Gasteiger partial charge on any atom is -0.379 e. The smallest absolute Gasteiger partial charge is 0.281 e. The van der Waals surface area contributed by atoms with Gasteiger partial charge in [-0.25, -0.2) is 0 Å². The van der Waals surface area contributed by atoms with Gasteiger partial charge in [0.1, 0.15) is 0 Å². The molecule has 0 bridgehead atoms. The molecule has 0 aliphatic carbocycles. The van der Waals surface area contributed by atoms with E-state index in [1.807, 2.05) is 6.07 Å². The molecule has 3 aliphatic heterocycles. The third-order valence-electron chi connectivity index (χ3n) is 5.13. The molecule has 160 valence electrons. The van der Waals surface area contributed by atoms with E-state index < -0.39 is 6.04 Å². The van der Waals surface area contributed by atoms with Gasteiger partial charge in [0.25, 0.3) is 5.91 Å². The van der Waals surface area contributed by atoms with E-state index >= 15 is 0 Å². The molecule has 30 heavy (non-hydrogen) atoms. The highest BCUT2D eigenvalue weighted by atomic mass is 35.5. The number of hydrogen-bond acceptors (Lipinski definition) is 8. The minimum absolute atomic E-state index is 0.227. The number of ether oxygens (including phenoxy) is 1. The number of amides is 1. The van der Waals surface area contributed by atoms with E-state index in [1.54, 1.807) is 17.1 Å². The Kier molecular flexibility index (Phi) is 6.93. The average Bonchev–Trinajstić information content (AvgIpc) is 3.16. The molecule has 1 N–H and O–H groups in total. The number of carbonyl (C=O) groups excluding carboxylic acids is 1. The molecule has 1 unspecified atom stereocenters. The van der Waals surface area contributed by atoms with Gasteiger partial charge in [0, 0.05) is 26.2 Å². The first kappa shape index (κ1) is 21.2. The van der Waals surface area contributed by atoms with Crippen LogP contribution >= 0.6 is 23.2 Å². The normalized spacial score (nSPS) is 21.5. The lowest BCUT2D eigenvalue weighted by Crippen LogP contribution is -2.43. The van der Waals surface area contributed by atoms with Gasteiger partial charge in [0.05, 0.1) is 23.3 Å². The molecule has 0 saturated carbocycles. The molecular formula is C19H23Cl2N7O2. The van der Waals surface area contributed by atoms with E-state index in [-0.39, 0.29) is 11.9 Å².